The maximum Gasteiger partial charge on any atom is 0.225 e. The van der Waals surface area contributed by atoms with E-state index in [1.165, 1.54) is 0 Å². The van der Waals surface area contributed by atoms with Crippen molar-refractivity contribution in [3.63, 3.8) is 0 Å². The topological polar surface area (TPSA) is 49.4 Å². The lowest BCUT2D eigenvalue weighted by Crippen LogP contribution is -2.42. The van der Waals surface area contributed by atoms with Gasteiger partial charge in [-0.1, -0.05) is 34.6 Å². The normalized spacial score (nSPS) is 13.3. The minimum atomic E-state index is -0.370. The molecule has 4 nitrogen and oxygen atoms in total. The van der Waals surface area contributed by atoms with Crippen molar-refractivity contribution in [2.75, 3.05) is 20.6 Å². The van der Waals surface area contributed by atoms with Gasteiger partial charge in [-0.3, -0.25) is 9.59 Å². The van der Waals surface area contributed by atoms with Crippen LogP contribution in [-0.2, 0) is 9.59 Å². The van der Waals surface area contributed by atoms with Gasteiger partial charge in [0.2, 0.25) is 11.8 Å². The van der Waals surface area contributed by atoms with Gasteiger partial charge < -0.3 is 10.2 Å². The van der Waals surface area contributed by atoms with Gasteiger partial charge >= 0.3 is 0 Å². The first kappa shape index (κ1) is 16.9. The number of hydrogen-bond donors (Lipinski definition) is 1. The zero-order chi connectivity index (χ0) is 14.5. The third-order valence-corrected chi connectivity index (χ3v) is 3.66. The van der Waals surface area contributed by atoms with Crippen LogP contribution in [0.15, 0.2) is 0 Å². The predicted octanol–water partition coefficient (Wildman–Crippen LogP) is 1.90. The fraction of sp³-hybridized carbons (Fsp3) is 0.857. The van der Waals surface area contributed by atoms with Crippen molar-refractivity contribution in [2.45, 2.75) is 41.0 Å². The molecule has 0 bridgehead atoms. The maximum atomic E-state index is 12.0. The molecule has 0 aromatic carbocycles. The summed E-state index contributed by atoms with van der Waals surface area (Å²) in [5.74, 6) is 0.601. The molecule has 0 heterocycles. The van der Waals surface area contributed by atoms with Crippen LogP contribution in [0.3, 0.4) is 0 Å². The van der Waals surface area contributed by atoms with Gasteiger partial charge in [0, 0.05) is 32.5 Å². The highest BCUT2D eigenvalue weighted by molar-refractivity contribution is 5.82. The molecule has 0 radical (unpaired) electrons. The summed E-state index contributed by atoms with van der Waals surface area (Å²) >= 11 is 0. The predicted molar refractivity (Wildman–Crippen MR) is 74.1 cm³/mol. The number of carbonyl (C=O) groups is 2. The molecule has 2 amide bonds. The van der Waals surface area contributed by atoms with Gasteiger partial charge in [0.25, 0.3) is 0 Å². The monoisotopic (exact) mass is 256 g/mol. The van der Waals surface area contributed by atoms with Crippen LogP contribution in [0.2, 0.25) is 0 Å². The fourth-order valence-corrected chi connectivity index (χ4v) is 1.31. The van der Waals surface area contributed by atoms with E-state index in [0.29, 0.717) is 13.0 Å². The maximum absolute atomic E-state index is 12.0. The standard InChI is InChI=1S/C14H28N2O2/c1-10(2)14(4,5)13(18)15-9-11(3)8-12(17)16(6)7/h10-11H,8-9H2,1-7H3,(H,15,18)/t11-/m1/s1. The molecule has 0 aliphatic rings. The van der Waals surface area contributed by atoms with E-state index in [1.54, 1.807) is 19.0 Å². The number of nitrogens with zero attached hydrogens (tertiary/aromatic N) is 1. The molecule has 0 aliphatic carbocycles. The Kier molecular flexibility index (Phi) is 6.36. The van der Waals surface area contributed by atoms with Crippen molar-refractivity contribution < 1.29 is 9.59 Å². The van der Waals surface area contributed by atoms with E-state index in [9.17, 15) is 9.59 Å². The molecule has 0 aromatic rings. The number of hydrogen-bond acceptors (Lipinski definition) is 2. The molecule has 0 spiro atoms. The van der Waals surface area contributed by atoms with Crippen molar-refractivity contribution in [3.8, 4) is 0 Å². The third kappa shape index (κ3) is 5.07. The van der Waals surface area contributed by atoms with Crippen LogP contribution in [0, 0.1) is 17.3 Å². The van der Waals surface area contributed by atoms with E-state index >= 15 is 0 Å². The molecule has 1 atom stereocenters. The smallest absolute Gasteiger partial charge is 0.225 e. The average molecular weight is 256 g/mol. The Bertz CT molecular complexity index is 296. The lowest BCUT2D eigenvalue weighted by atomic mass is 9.80. The molecule has 106 valence electrons. The van der Waals surface area contributed by atoms with Gasteiger partial charge in [0.1, 0.15) is 0 Å². The fourth-order valence-electron chi connectivity index (χ4n) is 1.31. The van der Waals surface area contributed by atoms with Crippen molar-refractivity contribution in [3.05, 3.63) is 0 Å². The van der Waals surface area contributed by atoms with Crippen LogP contribution in [0.25, 0.3) is 0 Å². The van der Waals surface area contributed by atoms with E-state index in [2.05, 4.69) is 5.32 Å². The lowest BCUT2D eigenvalue weighted by Gasteiger charge is -2.28. The summed E-state index contributed by atoms with van der Waals surface area (Å²) in [6.45, 7) is 10.5. The second-order valence-corrected chi connectivity index (χ2v) is 6.18. The average Bonchev–Trinajstić information content (AvgIpc) is 2.25. The van der Waals surface area contributed by atoms with Crippen LogP contribution in [0.1, 0.15) is 41.0 Å². The Morgan fingerprint density at radius 2 is 1.67 bits per heavy atom. The van der Waals surface area contributed by atoms with Gasteiger partial charge in [-0.15, -0.1) is 0 Å². The number of carbonyl (C=O) groups excluding carboxylic acids is 2. The lowest BCUT2D eigenvalue weighted by molar-refractivity contribution is -0.133. The Labute approximate surface area is 111 Å². The van der Waals surface area contributed by atoms with Crippen molar-refractivity contribution in [1.82, 2.24) is 10.2 Å². The quantitative estimate of drug-likeness (QED) is 0.789. The second-order valence-electron chi connectivity index (χ2n) is 6.18. The minimum Gasteiger partial charge on any atom is -0.355 e. The van der Waals surface area contributed by atoms with Gasteiger partial charge in [0.15, 0.2) is 0 Å². The molecule has 0 saturated heterocycles. The zero-order valence-corrected chi connectivity index (χ0v) is 12.8. The van der Waals surface area contributed by atoms with Crippen LogP contribution < -0.4 is 5.32 Å². The van der Waals surface area contributed by atoms with E-state index in [4.69, 9.17) is 0 Å². The first-order valence-electron chi connectivity index (χ1n) is 6.57. The molecule has 1 N–H and O–H groups in total. The Morgan fingerprint density at radius 1 is 1.17 bits per heavy atom. The largest absolute Gasteiger partial charge is 0.355 e. The first-order valence-corrected chi connectivity index (χ1v) is 6.57. The van der Waals surface area contributed by atoms with Gasteiger partial charge in [-0.05, 0) is 11.8 Å². The highest BCUT2D eigenvalue weighted by atomic mass is 16.2. The molecule has 0 fully saturated rings. The molecule has 0 aromatic heterocycles. The van der Waals surface area contributed by atoms with Crippen molar-refractivity contribution >= 4 is 11.8 Å². The van der Waals surface area contributed by atoms with Gasteiger partial charge in [-0.2, -0.15) is 0 Å². The highest BCUT2D eigenvalue weighted by Crippen LogP contribution is 2.26. The van der Waals surface area contributed by atoms with E-state index in [-0.39, 0.29) is 29.1 Å². The third-order valence-electron chi connectivity index (χ3n) is 3.66. The molecule has 0 unspecified atom stereocenters. The second kappa shape index (κ2) is 6.76. The molecule has 4 heteroatoms. The van der Waals surface area contributed by atoms with Crippen molar-refractivity contribution in [2.24, 2.45) is 17.3 Å². The number of amides is 2. The summed E-state index contributed by atoms with van der Waals surface area (Å²) in [5, 5.41) is 2.94. The molecule has 0 aliphatic heterocycles. The molecule has 18 heavy (non-hydrogen) atoms. The molecule has 0 saturated carbocycles. The zero-order valence-electron chi connectivity index (χ0n) is 12.8. The van der Waals surface area contributed by atoms with Crippen molar-refractivity contribution in [1.29, 1.82) is 0 Å². The SMILES string of the molecule is CC(C)C(C)(C)C(=O)NC[C@H](C)CC(=O)N(C)C. The summed E-state index contributed by atoms with van der Waals surface area (Å²) in [4.78, 5) is 25.1. The molecule has 0 rings (SSSR count). The van der Waals surface area contributed by atoms with E-state index in [1.807, 2.05) is 34.6 Å². The minimum absolute atomic E-state index is 0.0571. The van der Waals surface area contributed by atoms with Gasteiger partial charge in [-0.25, -0.2) is 0 Å². The summed E-state index contributed by atoms with van der Waals surface area (Å²) in [7, 11) is 3.49. The summed E-state index contributed by atoms with van der Waals surface area (Å²) in [6, 6.07) is 0. The molecular weight excluding hydrogens is 228 g/mol. The Balaban J connectivity index is 4.18. The van der Waals surface area contributed by atoms with Crippen LogP contribution in [0.5, 0.6) is 0 Å². The number of nitrogens with one attached hydrogen (secondary N) is 1. The number of rotatable bonds is 6. The molecular formula is C14H28N2O2. The summed E-state index contributed by atoms with van der Waals surface area (Å²) in [5.41, 5.74) is -0.370. The van der Waals surface area contributed by atoms with E-state index < -0.39 is 0 Å². The highest BCUT2D eigenvalue weighted by Gasteiger charge is 2.31. The van der Waals surface area contributed by atoms with Gasteiger partial charge in [0.05, 0.1) is 0 Å². The summed E-state index contributed by atoms with van der Waals surface area (Å²) < 4.78 is 0. The van der Waals surface area contributed by atoms with Crippen LogP contribution in [0.4, 0.5) is 0 Å². The van der Waals surface area contributed by atoms with Crippen LogP contribution >= 0.6 is 0 Å². The first-order chi connectivity index (χ1) is 8.09. The van der Waals surface area contributed by atoms with E-state index in [0.717, 1.165) is 0 Å². The summed E-state index contributed by atoms with van der Waals surface area (Å²) in [6.07, 6.45) is 0.468. The Hall–Kier alpha value is -1.06. The van der Waals surface area contributed by atoms with Crippen LogP contribution in [-0.4, -0.2) is 37.4 Å². The Morgan fingerprint density at radius 3 is 2.06 bits per heavy atom.